The number of anilines is 3. The number of nitrogen functional groups attached to an aromatic ring is 1. The maximum absolute atomic E-state index is 5.84. The molecule has 0 aromatic carbocycles. The second-order valence-electron chi connectivity index (χ2n) is 6.02. The average Bonchev–Trinajstić information content (AvgIpc) is 2.91. The van der Waals surface area contributed by atoms with E-state index in [2.05, 4.69) is 37.1 Å². The average molecular weight is 291 g/mol. The Bertz CT molecular complexity index is 472. The Morgan fingerprint density at radius 1 is 1.10 bits per heavy atom. The molecule has 116 valence electrons. The Labute approximate surface area is 126 Å². The third-order valence-corrected chi connectivity index (χ3v) is 4.45. The van der Waals surface area contributed by atoms with Crippen LogP contribution in [0.1, 0.15) is 32.1 Å². The van der Waals surface area contributed by atoms with Crippen LogP contribution in [0.3, 0.4) is 0 Å². The van der Waals surface area contributed by atoms with Gasteiger partial charge in [0.05, 0.1) is 0 Å². The van der Waals surface area contributed by atoms with Crippen LogP contribution in [0.25, 0.3) is 0 Å². The Balaban J connectivity index is 1.65. The monoisotopic (exact) mass is 291 g/mol. The van der Waals surface area contributed by atoms with Crippen LogP contribution in [0.15, 0.2) is 0 Å². The summed E-state index contributed by atoms with van der Waals surface area (Å²) in [7, 11) is 2.17. The molecule has 2 saturated heterocycles. The quantitative estimate of drug-likeness (QED) is 0.854. The van der Waals surface area contributed by atoms with E-state index in [1.54, 1.807) is 0 Å². The minimum Gasteiger partial charge on any atom is -0.368 e. The van der Waals surface area contributed by atoms with Gasteiger partial charge in [0.15, 0.2) is 0 Å². The second-order valence-corrected chi connectivity index (χ2v) is 6.02. The van der Waals surface area contributed by atoms with Crippen molar-refractivity contribution in [2.45, 2.75) is 38.1 Å². The third kappa shape index (κ3) is 3.53. The molecule has 2 aliphatic heterocycles. The van der Waals surface area contributed by atoms with Crippen molar-refractivity contribution in [3.8, 4) is 0 Å². The molecule has 2 aliphatic rings. The Kier molecular flexibility index (Phi) is 4.38. The van der Waals surface area contributed by atoms with Gasteiger partial charge in [-0.1, -0.05) is 0 Å². The van der Waals surface area contributed by atoms with Crippen LogP contribution >= 0.6 is 0 Å². The van der Waals surface area contributed by atoms with E-state index in [-0.39, 0.29) is 0 Å². The van der Waals surface area contributed by atoms with Crippen LogP contribution in [-0.4, -0.2) is 59.1 Å². The summed E-state index contributed by atoms with van der Waals surface area (Å²) in [6.07, 6.45) is 6.17. The summed E-state index contributed by atoms with van der Waals surface area (Å²) in [5.74, 6) is 1.61. The lowest BCUT2D eigenvalue weighted by atomic mass is 10.1. The maximum Gasteiger partial charge on any atom is 0.231 e. The molecule has 1 atom stereocenters. The van der Waals surface area contributed by atoms with Gasteiger partial charge in [-0.05, 0) is 45.7 Å². The Hall–Kier alpha value is -1.63. The minimum absolute atomic E-state index is 0.299. The summed E-state index contributed by atoms with van der Waals surface area (Å²) in [5.41, 5.74) is 5.84. The minimum atomic E-state index is 0.299. The van der Waals surface area contributed by atoms with Gasteiger partial charge in [-0.2, -0.15) is 15.0 Å². The highest BCUT2D eigenvalue weighted by atomic mass is 15.3. The number of nitrogens with zero attached hydrogens (tertiary/aromatic N) is 5. The van der Waals surface area contributed by atoms with Crippen molar-refractivity contribution in [2.24, 2.45) is 0 Å². The molecule has 3 heterocycles. The van der Waals surface area contributed by atoms with Gasteiger partial charge in [0.2, 0.25) is 17.8 Å². The summed E-state index contributed by atoms with van der Waals surface area (Å²) in [5, 5.41) is 3.33. The van der Waals surface area contributed by atoms with Gasteiger partial charge in [0.1, 0.15) is 0 Å². The van der Waals surface area contributed by atoms with Crippen molar-refractivity contribution in [3.05, 3.63) is 0 Å². The fourth-order valence-electron chi connectivity index (χ4n) is 3.14. The molecule has 1 aromatic rings. The first-order valence-corrected chi connectivity index (χ1v) is 7.93. The molecule has 2 fully saturated rings. The van der Waals surface area contributed by atoms with Crippen molar-refractivity contribution in [2.75, 3.05) is 49.2 Å². The first kappa shape index (κ1) is 14.3. The lowest BCUT2D eigenvalue weighted by Crippen LogP contribution is -2.33. The number of nitrogens with one attached hydrogen (secondary N) is 1. The normalized spacial score (nSPS) is 23.5. The summed E-state index contributed by atoms with van der Waals surface area (Å²) in [4.78, 5) is 17.6. The standard InChI is InChI=1S/C14H25N7/c1-20-7-5-6-11(20)10-16-13-17-12(15)18-14(19-13)21-8-3-2-4-9-21/h11H,2-10H2,1H3,(H3,15,16,17,18,19). The van der Waals surface area contributed by atoms with Crippen LogP contribution in [0.2, 0.25) is 0 Å². The lowest BCUT2D eigenvalue weighted by molar-refractivity contribution is 0.322. The summed E-state index contributed by atoms with van der Waals surface area (Å²) >= 11 is 0. The molecule has 3 rings (SSSR count). The van der Waals surface area contributed by atoms with Crippen molar-refractivity contribution >= 4 is 17.8 Å². The molecule has 0 saturated carbocycles. The van der Waals surface area contributed by atoms with Crippen molar-refractivity contribution in [3.63, 3.8) is 0 Å². The third-order valence-electron chi connectivity index (χ3n) is 4.45. The van der Waals surface area contributed by atoms with E-state index in [4.69, 9.17) is 5.73 Å². The number of hydrogen-bond donors (Lipinski definition) is 2. The molecule has 7 nitrogen and oxygen atoms in total. The fourth-order valence-corrected chi connectivity index (χ4v) is 3.14. The van der Waals surface area contributed by atoms with E-state index in [0.29, 0.717) is 23.9 Å². The molecule has 0 radical (unpaired) electrons. The highest BCUT2D eigenvalue weighted by molar-refractivity contribution is 5.42. The van der Waals surface area contributed by atoms with Crippen molar-refractivity contribution in [1.29, 1.82) is 0 Å². The molecular formula is C14H25N7. The molecular weight excluding hydrogens is 266 g/mol. The zero-order valence-electron chi connectivity index (χ0n) is 12.8. The van der Waals surface area contributed by atoms with Crippen LogP contribution < -0.4 is 16.0 Å². The molecule has 1 aromatic heterocycles. The summed E-state index contributed by atoms with van der Waals surface area (Å²) in [6, 6.07) is 0.557. The van der Waals surface area contributed by atoms with Gasteiger partial charge in [-0.3, -0.25) is 0 Å². The van der Waals surface area contributed by atoms with Gasteiger partial charge in [0, 0.05) is 25.7 Å². The van der Waals surface area contributed by atoms with Crippen LogP contribution in [0.5, 0.6) is 0 Å². The molecule has 3 N–H and O–H groups in total. The van der Waals surface area contributed by atoms with E-state index < -0.39 is 0 Å². The number of hydrogen-bond acceptors (Lipinski definition) is 7. The number of rotatable bonds is 4. The molecule has 7 heteroatoms. The predicted molar refractivity (Wildman–Crippen MR) is 84.4 cm³/mol. The largest absolute Gasteiger partial charge is 0.368 e. The fraction of sp³-hybridized carbons (Fsp3) is 0.786. The topological polar surface area (TPSA) is 83.2 Å². The van der Waals surface area contributed by atoms with Crippen LogP contribution in [0, 0.1) is 0 Å². The van der Waals surface area contributed by atoms with Gasteiger partial charge in [0.25, 0.3) is 0 Å². The van der Waals surface area contributed by atoms with E-state index in [9.17, 15) is 0 Å². The molecule has 0 aliphatic carbocycles. The molecule has 0 spiro atoms. The van der Waals surface area contributed by atoms with E-state index in [1.807, 2.05) is 0 Å². The number of piperidine rings is 1. The van der Waals surface area contributed by atoms with Crippen molar-refractivity contribution in [1.82, 2.24) is 19.9 Å². The summed E-state index contributed by atoms with van der Waals surface area (Å²) in [6.45, 7) is 4.05. The predicted octanol–water partition coefficient (Wildman–Crippen LogP) is 0.950. The Morgan fingerprint density at radius 3 is 2.62 bits per heavy atom. The number of aromatic nitrogens is 3. The maximum atomic E-state index is 5.84. The van der Waals surface area contributed by atoms with E-state index in [0.717, 1.165) is 19.6 Å². The van der Waals surface area contributed by atoms with Gasteiger partial charge in [-0.25, -0.2) is 0 Å². The van der Waals surface area contributed by atoms with Gasteiger partial charge < -0.3 is 20.9 Å². The highest BCUT2D eigenvalue weighted by Gasteiger charge is 2.21. The zero-order valence-corrected chi connectivity index (χ0v) is 12.8. The molecule has 0 amide bonds. The number of likely N-dealkylation sites (N-methyl/N-ethyl adjacent to an activating group) is 1. The smallest absolute Gasteiger partial charge is 0.231 e. The van der Waals surface area contributed by atoms with Crippen LogP contribution in [-0.2, 0) is 0 Å². The molecule has 21 heavy (non-hydrogen) atoms. The Morgan fingerprint density at radius 2 is 1.90 bits per heavy atom. The number of likely N-dealkylation sites (tertiary alicyclic amines) is 1. The van der Waals surface area contributed by atoms with Gasteiger partial charge in [-0.15, -0.1) is 0 Å². The summed E-state index contributed by atoms with van der Waals surface area (Å²) < 4.78 is 0. The highest BCUT2D eigenvalue weighted by Crippen LogP contribution is 2.19. The molecule has 1 unspecified atom stereocenters. The van der Waals surface area contributed by atoms with Gasteiger partial charge >= 0.3 is 0 Å². The number of nitrogens with two attached hydrogens (primary N) is 1. The van der Waals surface area contributed by atoms with Crippen LogP contribution in [0.4, 0.5) is 17.8 Å². The van der Waals surface area contributed by atoms with E-state index in [1.165, 1.54) is 38.6 Å². The first-order valence-electron chi connectivity index (χ1n) is 7.93. The van der Waals surface area contributed by atoms with E-state index >= 15 is 0 Å². The second kappa shape index (κ2) is 6.43. The molecule has 0 bridgehead atoms. The first-order chi connectivity index (χ1) is 10.2. The SMILES string of the molecule is CN1CCCC1CNc1nc(N)nc(N2CCCCC2)n1. The lowest BCUT2D eigenvalue weighted by Gasteiger charge is -2.27. The zero-order chi connectivity index (χ0) is 14.7. The van der Waals surface area contributed by atoms with Crippen molar-refractivity contribution < 1.29 is 0 Å².